The number of ether oxygens (including phenoxy) is 1. The van der Waals surface area contributed by atoms with E-state index >= 15 is 0 Å². The molecule has 0 saturated heterocycles. The van der Waals surface area contributed by atoms with Crippen LogP contribution in [0.15, 0.2) is 16.7 Å². The molecular weight excluding hydrogens is 262 g/mol. The van der Waals surface area contributed by atoms with Gasteiger partial charge in [0.25, 0.3) is 0 Å². The van der Waals surface area contributed by atoms with E-state index in [2.05, 4.69) is 19.9 Å². The Hall–Kier alpha value is -1.25. The van der Waals surface area contributed by atoms with Crippen LogP contribution < -0.4 is 0 Å². The summed E-state index contributed by atoms with van der Waals surface area (Å²) in [6, 6.07) is 2.12. The van der Waals surface area contributed by atoms with E-state index < -0.39 is 0 Å². The van der Waals surface area contributed by atoms with Crippen LogP contribution in [0.25, 0.3) is 0 Å². The van der Waals surface area contributed by atoms with Crippen LogP contribution in [-0.2, 0) is 21.4 Å². The van der Waals surface area contributed by atoms with Crippen molar-refractivity contribution in [3.63, 3.8) is 0 Å². The second-order valence-electron chi connectivity index (χ2n) is 7.07. The Morgan fingerprint density at radius 2 is 2.25 bits per heavy atom. The summed E-state index contributed by atoms with van der Waals surface area (Å²) in [6.45, 7) is 6.66. The maximum atomic E-state index is 11.2. The number of rotatable bonds is 2. The van der Waals surface area contributed by atoms with Gasteiger partial charge in [0, 0.05) is 17.8 Å². The molecule has 1 heterocycles. The molecule has 2 aliphatic rings. The number of fused-ring (bicyclic) bond motifs is 3. The second-order valence-corrected chi connectivity index (χ2v) is 7.07. The van der Waals surface area contributed by atoms with Crippen LogP contribution >= 0.6 is 0 Å². The van der Waals surface area contributed by atoms with E-state index in [1.54, 1.807) is 0 Å². The molecule has 3 rings (SSSR count). The largest absolute Gasteiger partial charge is 0.468 e. The molecule has 1 saturated carbocycles. The Morgan fingerprint density at radius 3 is 3.00 bits per heavy atom. The molecule has 0 radical (unpaired) electrons. The van der Waals surface area contributed by atoms with Crippen LogP contribution in [0.3, 0.4) is 0 Å². The van der Waals surface area contributed by atoms with E-state index in [4.69, 9.17) is 9.15 Å². The topological polar surface area (TPSA) is 39.4 Å². The maximum Gasteiger partial charge on any atom is 0.302 e. The average Bonchev–Trinajstić information content (AvgIpc) is 2.86. The molecule has 3 heteroatoms. The van der Waals surface area contributed by atoms with E-state index in [1.165, 1.54) is 37.5 Å². The first kappa shape index (κ1) is 13.7. The molecule has 1 aromatic heterocycles. The first-order valence-electron chi connectivity index (χ1n) is 7.66. The monoisotopic (exact) mass is 286 g/mol. The molecular formula is C17H24O3. The SMILES string of the molecule is [13CH3]C(=O)O[13CH2][C@@]1([13CH3])[13CH2]C[13CH2][C@]2([13CH3])[13c]3oc[13cH]c3[13CH2]C[13C@@H]12. The molecule has 1 aromatic rings. The van der Waals surface area contributed by atoms with Crippen molar-refractivity contribution in [1.29, 1.82) is 0 Å². The normalized spacial score (nSPS) is 36.0. The van der Waals surface area contributed by atoms with E-state index in [1.807, 2.05) is 6.26 Å². The first-order valence-corrected chi connectivity index (χ1v) is 7.66. The molecule has 1 fully saturated rings. The zero-order chi connectivity index (χ0) is 14.4. The number of furan rings is 1. The number of carbonyl (C=O) groups is 1. The summed E-state index contributed by atoms with van der Waals surface area (Å²) in [6.07, 6.45) is 7.56. The van der Waals surface area contributed by atoms with Gasteiger partial charge in [-0.05, 0) is 43.2 Å². The molecule has 0 unspecified atom stereocenters. The summed E-state index contributed by atoms with van der Waals surface area (Å²) < 4.78 is 11.2. The summed E-state index contributed by atoms with van der Waals surface area (Å²) in [5, 5.41) is 0. The highest BCUT2D eigenvalue weighted by atomic mass is 16.6. The standard InChI is InChI=1S/C17H24O3/c1-12(18)20-11-16(2)8-4-9-17(3)14(16)6-5-13-7-10-19-15(13)17/h7,10,14H,4-6,8-9,11H2,1-3H3/t14-,16+,17-/m0/s1/i1+1,2+1,3+1,5+1,7+1,8+1,9+1,11+1,14+1,15+1. The molecule has 0 aliphatic heterocycles. The number of carbonyl (C=O) groups excluding carboxylic acids is 1. The molecule has 3 atom stereocenters. The minimum atomic E-state index is -0.173. The Kier molecular flexibility index (Phi) is 3.19. The van der Waals surface area contributed by atoms with Crippen LogP contribution in [0.4, 0.5) is 0 Å². The van der Waals surface area contributed by atoms with Gasteiger partial charge in [0.05, 0.1) is 12.9 Å². The zero-order valence-corrected chi connectivity index (χ0v) is 12.7. The lowest BCUT2D eigenvalue weighted by Gasteiger charge is -2.53. The van der Waals surface area contributed by atoms with Crippen molar-refractivity contribution in [2.45, 2.75) is 58.3 Å². The van der Waals surface area contributed by atoms with Crippen molar-refractivity contribution in [2.75, 3.05) is 6.61 Å². The van der Waals surface area contributed by atoms with Crippen LogP contribution in [0.2, 0.25) is 0 Å². The van der Waals surface area contributed by atoms with Gasteiger partial charge in [-0.15, -0.1) is 0 Å². The lowest BCUT2D eigenvalue weighted by atomic mass is 9.96. The molecule has 0 amide bonds. The molecule has 20 heavy (non-hydrogen) atoms. The van der Waals surface area contributed by atoms with Gasteiger partial charge in [-0.3, -0.25) is 4.79 Å². The van der Waals surface area contributed by atoms with E-state index in [-0.39, 0.29) is 16.8 Å². The van der Waals surface area contributed by atoms with Crippen molar-refractivity contribution in [3.05, 3.63) is 23.7 Å². The third-order valence-corrected chi connectivity index (χ3v) is 5.63. The summed E-state index contributed by atoms with van der Waals surface area (Å²) in [5.74, 6) is 1.54. The molecule has 0 aromatic carbocycles. The fourth-order valence-electron chi connectivity index (χ4n) is 4.69. The van der Waals surface area contributed by atoms with Crippen molar-refractivity contribution < 1.29 is 13.9 Å². The number of esters is 1. The third-order valence-electron chi connectivity index (χ3n) is 5.63. The van der Waals surface area contributed by atoms with E-state index in [9.17, 15) is 4.79 Å². The van der Waals surface area contributed by atoms with E-state index in [0.717, 1.165) is 12.8 Å². The highest BCUT2D eigenvalue weighted by Gasteiger charge is 2.53. The number of hydrogen-bond donors (Lipinski definition) is 0. The smallest absolute Gasteiger partial charge is 0.302 e. The highest BCUT2D eigenvalue weighted by molar-refractivity contribution is 5.65. The summed E-state index contributed by atoms with van der Waals surface area (Å²) in [7, 11) is 0. The summed E-state index contributed by atoms with van der Waals surface area (Å²) >= 11 is 0. The molecule has 3 nitrogen and oxygen atoms in total. The molecule has 0 bridgehead atoms. The van der Waals surface area contributed by atoms with Gasteiger partial charge in [-0.25, -0.2) is 0 Å². The van der Waals surface area contributed by atoms with Crippen molar-refractivity contribution in [3.8, 4) is 0 Å². The van der Waals surface area contributed by atoms with Crippen LogP contribution in [0, 0.1) is 11.3 Å². The zero-order valence-electron chi connectivity index (χ0n) is 12.7. The van der Waals surface area contributed by atoms with Crippen molar-refractivity contribution in [1.82, 2.24) is 0 Å². The Labute approximate surface area is 120 Å². The van der Waals surface area contributed by atoms with Gasteiger partial charge in [-0.2, -0.15) is 0 Å². The van der Waals surface area contributed by atoms with Gasteiger partial charge < -0.3 is 9.15 Å². The molecule has 0 N–H and O–H groups in total. The minimum absolute atomic E-state index is 0.0726. The summed E-state index contributed by atoms with van der Waals surface area (Å²) in [4.78, 5) is 11.2. The molecule has 2 aliphatic carbocycles. The fourth-order valence-corrected chi connectivity index (χ4v) is 4.69. The van der Waals surface area contributed by atoms with Gasteiger partial charge in [0.15, 0.2) is 0 Å². The Balaban J connectivity index is 1.92. The lowest BCUT2D eigenvalue weighted by molar-refractivity contribution is -0.148. The number of hydrogen-bond acceptors (Lipinski definition) is 3. The second kappa shape index (κ2) is 4.64. The Bertz CT molecular complexity index is 518. The predicted octanol–water partition coefficient (Wildman–Crippen LogP) is 3.85. The third kappa shape index (κ3) is 1.99. The van der Waals surface area contributed by atoms with Gasteiger partial charge in [0.2, 0.25) is 0 Å². The van der Waals surface area contributed by atoms with Crippen LogP contribution in [0.5, 0.6) is 0 Å². The molecule has 110 valence electrons. The minimum Gasteiger partial charge on any atom is -0.468 e. The van der Waals surface area contributed by atoms with Gasteiger partial charge in [0.1, 0.15) is 5.76 Å². The quantitative estimate of drug-likeness (QED) is 0.612. The highest BCUT2D eigenvalue weighted by Crippen LogP contribution is 2.57. The van der Waals surface area contributed by atoms with Crippen LogP contribution in [-0.4, -0.2) is 12.6 Å². The van der Waals surface area contributed by atoms with Crippen LogP contribution in [0.1, 0.15) is 57.8 Å². The summed E-state index contributed by atoms with van der Waals surface area (Å²) in [5.41, 5.74) is 1.55. The van der Waals surface area contributed by atoms with Crippen molar-refractivity contribution in [2.24, 2.45) is 11.3 Å². The maximum absolute atomic E-state index is 11.2. The van der Waals surface area contributed by atoms with E-state index in [0.29, 0.717) is 12.5 Å². The predicted molar refractivity (Wildman–Crippen MR) is 76.5 cm³/mol. The fraction of sp³-hybridized carbons (Fsp3) is 0.706. The number of aryl methyl sites for hydroxylation is 1. The van der Waals surface area contributed by atoms with Gasteiger partial charge in [-0.1, -0.05) is 20.3 Å². The van der Waals surface area contributed by atoms with Crippen molar-refractivity contribution >= 4 is 5.97 Å². The Morgan fingerprint density at radius 1 is 1.45 bits per heavy atom. The molecule has 0 spiro atoms. The van der Waals surface area contributed by atoms with Gasteiger partial charge >= 0.3 is 5.97 Å². The first-order chi connectivity index (χ1) is 9.46. The average molecular weight is 286 g/mol. The lowest BCUT2D eigenvalue weighted by Crippen LogP contribution is -2.50.